The van der Waals surface area contributed by atoms with Gasteiger partial charge in [-0.1, -0.05) is 0 Å². The molecule has 2 atom stereocenters. The Kier molecular flexibility index (Phi) is 7.65. The van der Waals surface area contributed by atoms with E-state index in [0.29, 0.717) is 63.4 Å². The minimum absolute atomic E-state index is 0.0936. The maximum absolute atomic E-state index is 14.1. The van der Waals surface area contributed by atoms with Crippen molar-refractivity contribution >= 4 is 50.3 Å². The second kappa shape index (κ2) is 11.3. The molecule has 0 spiro atoms. The van der Waals surface area contributed by atoms with Crippen LogP contribution in [0.2, 0.25) is 0 Å². The van der Waals surface area contributed by atoms with Gasteiger partial charge in [-0.15, -0.1) is 0 Å². The van der Waals surface area contributed by atoms with Crippen molar-refractivity contribution in [3.8, 4) is 11.1 Å². The van der Waals surface area contributed by atoms with E-state index in [4.69, 9.17) is 0 Å². The van der Waals surface area contributed by atoms with Crippen LogP contribution in [0.1, 0.15) is 29.3 Å². The van der Waals surface area contributed by atoms with Gasteiger partial charge in [-0.3, -0.25) is 4.79 Å². The van der Waals surface area contributed by atoms with Gasteiger partial charge in [0.2, 0.25) is 5.43 Å². The SMILES string of the molecule is CCNc1cc(C(F)(F)F)cc2c1[nH]c1ncc(-c3cnc4[nH]cc(C(=O)O)c(=O)c4c3)c(N3CC[C@H]4CN(C)C[C@H]43)c12.CN. The fourth-order valence-electron chi connectivity index (χ4n) is 6.81. The Balaban J connectivity index is 0.00000175. The van der Waals surface area contributed by atoms with E-state index in [9.17, 15) is 27.9 Å². The zero-order valence-corrected chi connectivity index (χ0v) is 24.9. The topological polar surface area (TPSA) is 156 Å². The molecule has 2 saturated heterocycles. The standard InChI is InChI=1S/C30H28F3N7O3.CH5N/c1-3-34-21-8-16(30(31,32)33)7-17-23-25(40-5-4-14-12-39(2)13-22(14)40)19(10-37-28(23)38-24(17)21)15-6-18-26(41)20(29(42)43)11-36-27(18)35-9-15;1-2/h6-11,14,22,34H,3-5,12-13H2,1-2H3,(H,37,38)(H,42,43)(H,35,36,41);2H2,1H3/t14-,22+;/m0./s1. The van der Waals surface area contributed by atoms with Gasteiger partial charge in [0.25, 0.3) is 0 Å². The smallest absolute Gasteiger partial charge is 0.416 e. The molecule has 2 aliphatic rings. The van der Waals surface area contributed by atoms with Crippen molar-refractivity contribution in [2.75, 3.05) is 50.5 Å². The number of hydrogen-bond acceptors (Lipinski definition) is 8. The molecule has 4 aromatic heterocycles. The van der Waals surface area contributed by atoms with Gasteiger partial charge in [-0.2, -0.15) is 13.2 Å². The number of anilines is 2. The average molecular weight is 623 g/mol. The molecule has 0 saturated carbocycles. The van der Waals surface area contributed by atoms with Crippen LogP contribution in [0.15, 0.2) is 41.6 Å². The van der Waals surface area contributed by atoms with Gasteiger partial charge in [0.15, 0.2) is 0 Å². The predicted octanol–water partition coefficient (Wildman–Crippen LogP) is 4.48. The highest BCUT2D eigenvalue weighted by Gasteiger charge is 2.42. The van der Waals surface area contributed by atoms with Gasteiger partial charge in [-0.05, 0) is 51.6 Å². The van der Waals surface area contributed by atoms with Crippen molar-refractivity contribution in [3.05, 3.63) is 58.1 Å². The van der Waals surface area contributed by atoms with Gasteiger partial charge in [0.05, 0.1) is 33.2 Å². The normalized spacial score (nSPS) is 18.4. The molecule has 5 aromatic rings. The third-order valence-electron chi connectivity index (χ3n) is 8.69. The number of halogens is 3. The third-order valence-corrected chi connectivity index (χ3v) is 8.69. The first kappa shape index (κ1) is 30.3. The number of benzene rings is 1. The van der Waals surface area contributed by atoms with Crippen LogP contribution in [0.25, 0.3) is 44.1 Å². The number of carboxylic acids is 1. The summed E-state index contributed by atoms with van der Waals surface area (Å²) in [5, 5.41) is 13.6. The Hall–Kier alpha value is -4.69. The van der Waals surface area contributed by atoms with Crippen LogP contribution in [-0.4, -0.2) is 82.2 Å². The van der Waals surface area contributed by atoms with Gasteiger partial charge >= 0.3 is 12.1 Å². The van der Waals surface area contributed by atoms with E-state index >= 15 is 0 Å². The number of nitrogens with two attached hydrogens (primary N) is 1. The number of hydrogen-bond donors (Lipinski definition) is 5. The molecule has 7 rings (SSSR count). The van der Waals surface area contributed by atoms with Crippen molar-refractivity contribution in [1.82, 2.24) is 24.8 Å². The molecule has 0 radical (unpaired) electrons. The minimum Gasteiger partial charge on any atom is -0.477 e. The van der Waals surface area contributed by atoms with E-state index in [1.54, 1.807) is 18.5 Å². The largest absolute Gasteiger partial charge is 0.477 e. The summed E-state index contributed by atoms with van der Waals surface area (Å²) in [4.78, 5) is 44.3. The summed E-state index contributed by atoms with van der Waals surface area (Å²) >= 11 is 0. The number of carboxylic acid groups (broad SMARTS) is 1. The number of aromatic amines is 2. The van der Waals surface area contributed by atoms with Crippen LogP contribution in [0.5, 0.6) is 0 Å². The number of carbonyl (C=O) groups is 1. The number of likely N-dealkylation sites (tertiary alicyclic amines) is 1. The monoisotopic (exact) mass is 622 g/mol. The average Bonchev–Trinajstić information content (AvgIpc) is 3.69. The highest BCUT2D eigenvalue weighted by molar-refractivity contribution is 6.18. The first-order valence-corrected chi connectivity index (χ1v) is 14.6. The van der Waals surface area contributed by atoms with Gasteiger partial charge in [0.1, 0.15) is 16.9 Å². The number of aromatic nitrogens is 4. The van der Waals surface area contributed by atoms with Crippen LogP contribution in [0, 0.1) is 5.92 Å². The maximum atomic E-state index is 14.1. The number of H-pyrrole nitrogens is 2. The zero-order valence-electron chi connectivity index (χ0n) is 24.9. The van der Waals surface area contributed by atoms with Crippen LogP contribution in [-0.2, 0) is 6.18 Å². The molecule has 2 fully saturated rings. The van der Waals surface area contributed by atoms with Gasteiger partial charge in [-0.25, -0.2) is 14.8 Å². The molecular weight excluding hydrogens is 589 g/mol. The number of fused-ring (bicyclic) bond motifs is 5. The molecule has 1 aromatic carbocycles. The molecule has 45 heavy (non-hydrogen) atoms. The molecule has 0 aliphatic carbocycles. The lowest BCUT2D eigenvalue weighted by molar-refractivity contribution is -0.137. The predicted molar refractivity (Wildman–Crippen MR) is 168 cm³/mol. The number of pyridine rings is 3. The molecule has 0 amide bonds. The fraction of sp³-hybridized carbons (Fsp3) is 0.355. The summed E-state index contributed by atoms with van der Waals surface area (Å²) < 4.78 is 42.4. The number of aromatic carboxylic acids is 1. The summed E-state index contributed by atoms with van der Waals surface area (Å²) in [6.07, 6.45) is 0.694. The quantitative estimate of drug-likeness (QED) is 0.191. The molecule has 2 aliphatic heterocycles. The molecular formula is C31H33F3N8O3. The van der Waals surface area contributed by atoms with E-state index in [-0.39, 0.29) is 17.1 Å². The summed E-state index contributed by atoms with van der Waals surface area (Å²) in [7, 11) is 3.56. The number of likely N-dealkylation sites (N-methyl/N-ethyl adjacent to an activating group) is 1. The van der Waals surface area contributed by atoms with E-state index in [0.717, 1.165) is 31.8 Å². The molecule has 0 unspecified atom stereocenters. The molecule has 236 valence electrons. The van der Waals surface area contributed by atoms with E-state index in [1.165, 1.54) is 13.1 Å². The van der Waals surface area contributed by atoms with Crippen LogP contribution >= 0.6 is 0 Å². The lowest BCUT2D eigenvalue weighted by Crippen LogP contribution is -2.35. The lowest BCUT2D eigenvalue weighted by atomic mass is 9.99. The van der Waals surface area contributed by atoms with Crippen LogP contribution in [0.3, 0.4) is 0 Å². The lowest BCUT2D eigenvalue weighted by Gasteiger charge is -2.29. The number of nitrogens with zero attached hydrogens (tertiary/aromatic N) is 4. The molecule has 6 N–H and O–H groups in total. The zero-order chi connectivity index (χ0) is 32.2. The summed E-state index contributed by atoms with van der Waals surface area (Å²) in [5.74, 6) is -0.966. The Bertz CT molecular complexity index is 2000. The Morgan fingerprint density at radius 3 is 2.60 bits per heavy atom. The Labute approximate surface area is 255 Å². The molecule has 6 heterocycles. The molecule has 11 nitrogen and oxygen atoms in total. The van der Waals surface area contributed by atoms with Crippen molar-refractivity contribution in [1.29, 1.82) is 0 Å². The van der Waals surface area contributed by atoms with E-state index < -0.39 is 28.7 Å². The second-order valence-electron chi connectivity index (χ2n) is 11.3. The number of alkyl halides is 3. The van der Waals surface area contributed by atoms with E-state index in [2.05, 4.69) is 47.8 Å². The first-order valence-electron chi connectivity index (χ1n) is 14.6. The summed E-state index contributed by atoms with van der Waals surface area (Å²) in [5.41, 5.74) is 5.99. The third kappa shape index (κ3) is 5.03. The van der Waals surface area contributed by atoms with Crippen molar-refractivity contribution in [2.45, 2.75) is 25.6 Å². The van der Waals surface area contributed by atoms with Crippen molar-refractivity contribution in [2.24, 2.45) is 11.7 Å². The van der Waals surface area contributed by atoms with E-state index in [1.807, 2.05) is 6.92 Å². The highest BCUT2D eigenvalue weighted by atomic mass is 19.4. The fourth-order valence-corrected chi connectivity index (χ4v) is 6.81. The van der Waals surface area contributed by atoms with Crippen LogP contribution in [0.4, 0.5) is 24.5 Å². The molecule has 0 bridgehead atoms. The second-order valence-corrected chi connectivity index (χ2v) is 11.3. The van der Waals surface area contributed by atoms with Crippen molar-refractivity contribution < 1.29 is 23.1 Å². The van der Waals surface area contributed by atoms with Gasteiger partial charge < -0.3 is 35.9 Å². The minimum atomic E-state index is -4.56. The Morgan fingerprint density at radius 2 is 1.89 bits per heavy atom. The first-order chi connectivity index (χ1) is 21.5. The highest BCUT2D eigenvalue weighted by Crippen LogP contribution is 2.47. The van der Waals surface area contributed by atoms with Crippen molar-refractivity contribution in [3.63, 3.8) is 0 Å². The molecule has 14 heteroatoms. The van der Waals surface area contributed by atoms with Crippen LogP contribution < -0.4 is 21.4 Å². The number of nitrogens with one attached hydrogen (secondary N) is 3. The summed E-state index contributed by atoms with van der Waals surface area (Å²) in [6, 6.07) is 3.99. The summed E-state index contributed by atoms with van der Waals surface area (Å²) in [6.45, 7) is 4.67. The number of rotatable bonds is 5. The Morgan fingerprint density at radius 1 is 1.13 bits per heavy atom. The maximum Gasteiger partial charge on any atom is 0.416 e. The van der Waals surface area contributed by atoms with Gasteiger partial charge in [0, 0.05) is 67.3 Å².